The molecule has 0 atom stereocenters. The Kier molecular flexibility index (Phi) is 7.01. The first-order chi connectivity index (χ1) is 14.9. The van der Waals surface area contributed by atoms with Crippen LogP contribution in [0.3, 0.4) is 0 Å². The fourth-order valence-electron chi connectivity index (χ4n) is 3.02. The summed E-state index contributed by atoms with van der Waals surface area (Å²) in [6, 6.07) is 4.71. The Morgan fingerprint density at radius 3 is 2.71 bits per heavy atom. The summed E-state index contributed by atoms with van der Waals surface area (Å²) in [5.74, 6) is -0.0108. The Morgan fingerprint density at radius 2 is 2.06 bits per heavy atom. The first-order valence-electron chi connectivity index (χ1n) is 10.1. The maximum Gasteiger partial charge on any atom is 0.360 e. The molecule has 0 saturated carbocycles. The van der Waals surface area contributed by atoms with Gasteiger partial charge < -0.3 is 19.7 Å². The highest BCUT2D eigenvalue weighted by atomic mass is 19.1. The van der Waals surface area contributed by atoms with E-state index < -0.39 is 5.97 Å². The van der Waals surface area contributed by atoms with Crippen molar-refractivity contribution in [3.8, 4) is 0 Å². The summed E-state index contributed by atoms with van der Waals surface area (Å²) in [5, 5.41) is 7.67. The first kappa shape index (κ1) is 22.4. The highest BCUT2D eigenvalue weighted by Crippen LogP contribution is 2.29. The molecule has 3 aromatic rings. The van der Waals surface area contributed by atoms with Crippen molar-refractivity contribution in [1.29, 1.82) is 0 Å². The van der Waals surface area contributed by atoms with E-state index in [0.29, 0.717) is 60.4 Å². The van der Waals surface area contributed by atoms with E-state index in [9.17, 15) is 9.18 Å². The number of fused-ring (bicyclic) bond motifs is 1. The molecule has 2 aromatic heterocycles. The lowest BCUT2D eigenvalue weighted by atomic mass is 10.2. The minimum absolute atomic E-state index is 0.0977. The van der Waals surface area contributed by atoms with Crippen molar-refractivity contribution in [3.63, 3.8) is 0 Å². The molecule has 0 radical (unpaired) electrons. The maximum absolute atomic E-state index is 13.7. The largest absolute Gasteiger partial charge is 0.464 e. The summed E-state index contributed by atoms with van der Waals surface area (Å²) in [6.45, 7) is 7.58. The standard InChI is InChI=1S/C21H27FN6O3/c1-6-27(4)21-24-16-17(20(29)30-5)26-28(10-11-31-7-2)18(16)19(25-21)23-14-8-9-15(22)13(3)12-14/h8-9,12H,6-7,10-11H2,1-5H3,(H,23,24,25). The van der Waals surface area contributed by atoms with Crippen LogP contribution in [-0.4, -0.2) is 59.6 Å². The normalized spacial score (nSPS) is 11.0. The van der Waals surface area contributed by atoms with Crippen molar-refractivity contribution >= 4 is 34.5 Å². The van der Waals surface area contributed by atoms with E-state index in [2.05, 4.69) is 20.4 Å². The molecule has 3 rings (SSSR count). The summed E-state index contributed by atoms with van der Waals surface area (Å²) in [7, 11) is 3.15. The second-order valence-electron chi connectivity index (χ2n) is 6.93. The topological polar surface area (TPSA) is 94.4 Å². The fourth-order valence-corrected chi connectivity index (χ4v) is 3.02. The van der Waals surface area contributed by atoms with Crippen LogP contribution in [0, 0.1) is 12.7 Å². The number of carbonyl (C=O) groups excluding carboxylic acids is 1. The third-order valence-electron chi connectivity index (χ3n) is 4.84. The number of nitrogens with zero attached hydrogens (tertiary/aromatic N) is 5. The molecule has 0 saturated heterocycles. The minimum Gasteiger partial charge on any atom is -0.464 e. The van der Waals surface area contributed by atoms with Crippen LogP contribution in [0.5, 0.6) is 0 Å². The molecule has 9 nitrogen and oxygen atoms in total. The molecular weight excluding hydrogens is 403 g/mol. The van der Waals surface area contributed by atoms with Crippen molar-refractivity contribution in [2.24, 2.45) is 0 Å². The number of hydrogen-bond donors (Lipinski definition) is 1. The fraction of sp³-hybridized carbons (Fsp3) is 0.429. The number of anilines is 3. The Hall–Kier alpha value is -3.27. The summed E-state index contributed by atoms with van der Waals surface area (Å²) in [4.78, 5) is 23.5. The van der Waals surface area contributed by atoms with Crippen LogP contribution in [0.4, 0.5) is 21.8 Å². The van der Waals surface area contributed by atoms with Gasteiger partial charge in [-0.1, -0.05) is 0 Å². The van der Waals surface area contributed by atoms with E-state index in [4.69, 9.17) is 9.47 Å². The van der Waals surface area contributed by atoms with Crippen LogP contribution in [0.1, 0.15) is 29.9 Å². The van der Waals surface area contributed by atoms with Crippen LogP contribution in [0.2, 0.25) is 0 Å². The minimum atomic E-state index is -0.590. The van der Waals surface area contributed by atoms with Gasteiger partial charge in [0.25, 0.3) is 0 Å². The first-order valence-corrected chi connectivity index (χ1v) is 10.1. The number of aryl methyl sites for hydroxylation is 1. The second-order valence-corrected chi connectivity index (χ2v) is 6.93. The van der Waals surface area contributed by atoms with Gasteiger partial charge in [-0.2, -0.15) is 10.1 Å². The smallest absolute Gasteiger partial charge is 0.360 e. The number of carbonyl (C=O) groups is 1. The number of nitrogens with one attached hydrogen (secondary N) is 1. The SMILES string of the molecule is CCOCCn1nc(C(=O)OC)c2nc(N(C)CC)nc(Nc3ccc(F)c(C)c3)c21. The molecule has 0 aliphatic heterocycles. The molecule has 1 N–H and O–H groups in total. The Bertz CT molecular complexity index is 1080. The van der Waals surface area contributed by atoms with Crippen molar-refractivity contribution in [1.82, 2.24) is 19.7 Å². The molecule has 166 valence electrons. The van der Waals surface area contributed by atoms with Crippen LogP contribution in [-0.2, 0) is 16.0 Å². The number of halogens is 1. The highest BCUT2D eigenvalue weighted by molar-refractivity contribution is 6.03. The zero-order valence-electron chi connectivity index (χ0n) is 18.4. The third-order valence-corrected chi connectivity index (χ3v) is 4.84. The summed E-state index contributed by atoms with van der Waals surface area (Å²) in [6.07, 6.45) is 0. The van der Waals surface area contributed by atoms with Gasteiger partial charge in [0.2, 0.25) is 5.95 Å². The number of esters is 1. The number of rotatable bonds is 9. The Labute approximate surface area is 180 Å². The van der Waals surface area contributed by atoms with E-state index >= 15 is 0 Å². The van der Waals surface area contributed by atoms with Crippen molar-refractivity contribution in [2.75, 3.05) is 44.1 Å². The molecule has 1 aromatic carbocycles. The van der Waals surface area contributed by atoms with Gasteiger partial charge in [0.1, 0.15) is 16.9 Å². The van der Waals surface area contributed by atoms with Crippen molar-refractivity contribution in [3.05, 3.63) is 35.3 Å². The zero-order valence-corrected chi connectivity index (χ0v) is 18.4. The predicted molar refractivity (Wildman–Crippen MR) is 117 cm³/mol. The number of benzene rings is 1. The summed E-state index contributed by atoms with van der Waals surface area (Å²) >= 11 is 0. The van der Waals surface area contributed by atoms with Crippen LogP contribution in [0.15, 0.2) is 18.2 Å². The van der Waals surface area contributed by atoms with Gasteiger partial charge in [0.05, 0.1) is 20.3 Å². The van der Waals surface area contributed by atoms with Gasteiger partial charge in [-0.15, -0.1) is 0 Å². The second kappa shape index (κ2) is 9.69. The zero-order chi connectivity index (χ0) is 22.5. The van der Waals surface area contributed by atoms with E-state index in [1.54, 1.807) is 23.7 Å². The molecule has 10 heteroatoms. The molecule has 0 unspecified atom stereocenters. The van der Waals surface area contributed by atoms with Gasteiger partial charge in [-0.3, -0.25) is 4.68 Å². The average Bonchev–Trinajstić information content (AvgIpc) is 3.14. The van der Waals surface area contributed by atoms with Gasteiger partial charge in [0.15, 0.2) is 11.5 Å². The number of hydrogen-bond acceptors (Lipinski definition) is 8. The molecule has 0 amide bonds. The molecule has 0 spiro atoms. The summed E-state index contributed by atoms with van der Waals surface area (Å²) < 4.78 is 25.7. The monoisotopic (exact) mass is 430 g/mol. The lowest BCUT2D eigenvalue weighted by Crippen LogP contribution is -2.19. The van der Waals surface area contributed by atoms with Gasteiger partial charge in [-0.25, -0.2) is 14.2 Å². The number of ether oxygens (including phenoxy) is 2. The predicted octanol–water partition coefficient (Wildman–Crippen LogP) is 3.30. The molecule has 0 bridgehead atoms. The van der Waals surface area contributed by atoms with E-state index in [0.717, 1.165) is 0 Å². The van der Waals surface area contributed by atoms with Crippen LogP contribution < -0.4 is 10.2 Å². The molecule has 0 aliphatic rings. The van der Waals surface area contributed by atoms with E-state index in [-0.39, 0.29) is 11.5 Å². The summed E-state index contributed by atoms with van der Waals surface area (Å²) in [5.41, 5.74) is 2.16. The van der Waals surface area contributed by atoms with Crippen LogP contribution in [0.25, 0.3) is 11.0 Å². The third kappa shape index (κ3) is 4.74. The number of aromatic nitrogens is 4. The maximum atomic E-state index is 13.7. The highest BCUT2D eigenvalue weighted by Gasteiger charge is 2.24. The molecule has 31 heavy (non-hydrogen) atoms. The van der Waals surface area contributed by atoms with Gasteiger partial charge >= 0.3 is 5.97 Å². The Morgan fingerprint density at radius 1 is 1.29 bits per heavy atom. The average molecular weight is 430 g/mol. The van der Waals surface area contributed by atoms with Gasteiger partial charge in [0, 0.05) is 25.9 Å². The Balaban J connectivity index is 2.21. The molecule has 0 fully saturated rings. The van der Waals surface area contributed by atoms with Crippen molar-refractivity contribution < 1.29 is 18.7 Å². The van der Waals surface area contributed by atoms with Crippen molar-refractivity contribution in [2.45, 2.75) is 27.3 Å². The molecular formula is C21H27FN6O3. The lowest BCUT2D eigenvalue weighted by Gasteiger charge is -2.17. The quantitative estimate of drug-likeness (QED) is 0.408. The lowest BCUT2D eigenvalue weighted by molar-refractivity contribution is 0.0594. The van der Waals surface area contributed by atoms with Gasteiger partial charge in [-0.05, 0) is 44.5 Å². The van der Waals surface area contributed by atoms with E-state index in [1.165, 1.54) is 13.2 Å². The van der Waals surface area contributed by atoms with E-state index in [1.807, 2.05) is 25.8 Å². The molecule has 2 heterocycles. The van der Waals surface area contributed by atoms with Crippen LogP contribution >= 0.6 is 0 Å². The number of methoxy groups -OCH3 is 1. The molecule has 0 aliphatic carbocycles.